The number of nitrogens with zero attached hydrogens (tertiary/aromatic N) is 4. The number of carbonyl (C=O) groups is 1. The lowest BCUT2D eigenvalue weighted by atomic mass is 9.90. The fourth-order valence-corrected chi connectivity index (χ4v) is 3.60. The highest BCUT2D eigenvalue weighted by molar-refractivity contribution is 7.99. The van der Waals surface area contributed by atoms with E-state index in [4.69, 9.17) is 14.6 Å². The zero-order chi connectivity index (χ0) is 15.9. The molecule has 0 spiro atoms. The molecule has 3 atom stereocenters. The Labute approximate surface area is 133 Å². The number of hydrogen-bond donors (Lipinski definition) is 1. The Hall–Kier alpha value is -1.19. The standard InChI is InChI=1S/C13H22N4O4S/c1-20-10-6-5-9(8-11(10)21-2)17-13(14-15-16-17)22-7-3-4-12(18)19/h9-11H,3-8H2,1-2H3,(H,18,19). The van der Waals surface area contributed by atoms with Crippen molar-refractivity contribution in [3.05, 3.63) is 0 Å². The summed E-state index contributed by atoms with van der Waals surface area (Å²) < 4.78 is 12.8. The summed E-state index contributed by atoms with van der Waals surface area (Å²) in [4.78, 5) is 10.5. The predicted octanol–water partition coefficient (Wildman–Crippen LogP) is 1.38. The Kier molecular flexibility index (Phi) is 6.59. The Bertz CT molecular complexity index is 484. The quantitative estimate of drug-likeness (QED) is 0.564. The second-order valence-electron chi connectivity index (χ2n) is 5.27. The maximum atomic E-state index is 10.5. The molecule has 1 saturated carbocycles. The molecule has 0 aliphatic heterocycles. The van der Waals surface area contributed by atoms with Gasteiger partial charge in [-0.25, -0.2) is 4.68 Å². The molecule has 1 aliphatic rings. The molecular formula is C13H22N4O4S. The van der Waals surface area contributed by atoms with Crippen LogP contribution in [0.4, 0.5) is 0 Å². The monoisotopic (exact) mass is 330 g/mol. The van der Waals surface area contributed by atoms with Gasteiger partial charge in [0.25, 0.3) is 0 Å². The van der Waals surface area contributed by atoms with E-state index in [-0.39, 0.29) is 24.7 Å². The first-order valence-electron chi connectivity index (χ1n) is 7.33. The van der Waals surface area contributed by atoms with Crippen LogP contribution in [-0.2, 0) is 14.3 Å². The zero-order valence-corrected chi connectivity index (χ0v) is 13.7. The van der Waals surface area contributed by atoms with E-state index in [1.165, 1.54) is 11.8 Å². The maximum Gasteiger partial charge on any atom is 0.303 e. The van der Waals surface area contributed by atoms with Crippen molar-refractivity contribution in [3.63, 3.8) is 0 Å². The van der Waals surface area contributed by atoms with E-state index >= 15 is 0 Å². The minimum absolute atomic E-state index is 0.0396. The number of aliphatic carboxylic acids is 1. The van der Waals surface area contributed by atoms with Crippen LogP contribution in [0.5, 0.6) is 0 Å². The lowest BCUT2D eigenvalue weighted by Crippen LogP contribution is -2.37. The first kappa shape index (κ1) is 17.2. The topological polar surface area (TPSA) is 99.4 Å². The van der Waals surface area contributed by atoms with E-state index in [0.717, 1.165) is 24.4 Å². The molecule has 1 fully saturated rings. The lowest BCUT2D eigenvalue weighted by Gasteiger charge is -2.34. The third-order valence-electron chi connectivity index (χ3n) is 3.88. The van der Waals surface area contributed by atoms with Crippen LogP contribution in [-0.4, -0.2) is 63.5 Å². The van der Waals surface area contributed by atoms with Crippen molar-refractivity contribution >= 4 is 17.7 Å². The summed E-state index contributed by atoms with van der Waals surface area (Å²) in [6.07, 6.45) is 3.57. The summed E-state index contributed by atoms with van der Waals surface area (Å²) in [5, 5.41) is 21.3. The molecule has 124 valence electrons. The maximum absolute atomic E-state index is 10.5. The van der Waals surface area contributed by atoms with Crippen molar-refractivity contribution in [2.45, 2.75) is 55.5 Å². The van der Waals surface area contributed by atoms with Crippen molar-refractivity contribution in [2.24, 2.45) is 0 Å². The fraction of sp³-hybridized carbons (Fsp3) is 0.846. The average molecular weight is 330 g/mol. The number of aromatic nitrogens is 4. The molecule has 1 aliphatic carbocycles. The van der Waals surface area contributed by atoms with Gasteiger partial charge >= 0.3 is 5.97 Å². The van der Waals surface area contributed by atoms with Crippen LogP contribution in [0.1, 0.15) is 38.1 Å². The molecule has 3 unspecified atom stereocenters. The number of rotatable bonds is 8. The van der Waals surface area contributed by atoms with Gasteiger partial charge in [0.1, 0.15) is 0 Å². The van der Waals surface area contributed by atoms with E-state index in [1.807, 2.05) is 4.68 Å². The highest BCUT2D eigenvalue weighted by atomic mass is 32.2. The fourth-order valence-electron chi connectivity index (χ4n) is 2.72. The number of tetrazole rings is 1. The van der Waals surface area contributed by atoms with Crippen LogP contribution < -0.4 is 0 Å². The zero-order valence-electron chi connectivity index (χ0n) is 12.8. The smallest absolute Gasteiger partial charge is 0.303 e. The molecular weight excluding hydrogens is 308 g/mol. The SMILES string of the molecule is COC1CCC(n2nnnc2SCCCC(=O)O)CC1OC. The van der Waals surface area contributed by atoms with E-state index < -0.39 is 5.97 Å². The largest absolute Gasteiger partial charge is 0.481 e. The van der Waals surface area contributed by atoms with Crippen molar-refractivity contribution < 1.29 is 19.4 Å². The summed E-state index contributed by atoms with van der Waals surface area (Å²) >= 11 is 1.50. The second-order valence-corrected chi connectivity index (χ2v) is 6.33. The van der Waals surface area contributed by atoms with Crippen LogP contribution in [0.15, 0.2) is 5.16 Å². The summed E-state index contributed by atoms with van der Waals surface area (Å²) in [5.41, 5.74) is 0. The number of carboxylic acids is 1. The Balaban J connectivity index is 1.92. The predicted molar refractivity (Wildman–Crippen MR) is 79.9 cm³/mol. The minimum atomic E-state index is -0.777. The highest BCUT2D eigenvalue weighted by Crippen LogP contribution is 2.33. The van der Waals surface area contributed by atoms with Crippen molar-refractivity contribution in [1.29, 1.82) is 0 Å². The number of carboxylic acid groups (broad SMARTS) is 1. The summed E-state index contributed by atoms with van der Waals surface area (Å²) in [6.45, 7) is 0. The number of methoxy groups -OCH3 is 2. The van der Waals surface area contributed by atoms with Gasteiger partial charge in [0.15, 0.2) is 0 Å². The Morgan fingerprint density at radius 1 is 1.36 bits per heavy atom. The van der Waals surface area contributed by atoms with Crippen LogP contribution in [0, 0.1) is 0 Å². The van der Waals surface area contributed by atoms with Crippen LogP contribution in [0.2, 0.25) is 0 Å². The summed E-state index contributed by atoms with van der Waals surface area (Å²) in [6, 6.07) is 0.188. The van der Waals surface area contributed by atoms with Gasteiger partial charge in [0.2, 0.25) is 5.16 Å². The van der Waals surface area contributed by atoms with Crippen molar-refractivity contribution in [3.8, 4) is 0 Å². The van der Waals surface area contributed by atoms with E-state index in [1.54, 1.807) is 14.2 Å². The van der Waals surface area contributed by atoms with Crippen LogP contribution >= 0.6 is 11.8 Å². The summed E-state index contributed by atoms with van der Waals surface area (Å²) in [5.74, 6) is -0.0885. The van der Waals surface area contributed by atoms with Gasteiger partial charge in [-0.2, -0.15) is 0 Å². The number of thioether (sulfide) groups is 1. The molecule has 1 aromatic rings. The molecule has 8 nitrogen and oxygen atoms in total. The third kappa shape index (κ3) is 4.40. The number of hydrogen-bond acceptors (Lipinski definition) is 7. The molecule has 1 N–H and O–H groups in total. The van der Waals surface area contributed by atoms with Gasteiger partial charge in [0, 0.05) is 26.4 Å². The van der Waals surface area contributed by atoms with Gasteiger partial charge in [-0.15, -0.1) is 5.10 Å². The average Bonchev–Trinajstić information content (AvgIpc) is 2.99. The van der Waals surface area contributed by atoms with E-state index in [9.17, 15) is 4.79 Å². The first-order chi connectivity index (χ1) is 10.7. The second kappa shape index (κ2) is 8.44. The molecule has 0 aromatic carbocycles. The number of ether oxygens (including phenoxy) is 2. The molecule has 0 amide bonds. The molecule has 1 heterocycles. The molecule has 0 bridgehead atoms. The van der Waals surface area contributed by atoms with Crippen LogP contribution in [0.3, 0.4) is 0 Å². The van der Waals surface area contributed by atoms with Crippen molar-refractivity contribution in [1.82, 2.24) is 20.2 Å². The lowest BCUT2D eigenvalue weighted by molar-refractivity contribution is -0.137. The Morgan fingerprint density at radius 2 is 2.14 bits per heavy atom. The van der Waals surface area contributed by atoms with E-state index in [2.05, 4.69) is 15.5 Å². The van der Waals surface area contributed by atoms with Gasteiger partial charge in [0.05, 0.1) is 18.2 Å². The molecule has 0 saturated heterocycles. The van der Waals surface area contributed by atoms with Gasteiger partial charge < -0.3 is 14.6 Å². The van der Waals surface area contributed by atoms with Gasteiger partial charge in [-0.3, -0.25) is 4.79 Å². The van der Waals surface area contributed by atoms with Gasteiger partial charge in [-0.05, 0) is 36.1 Å². The normalized spacial score (nSPS) is 25.3. The first-order valence-corrected chi connectivity index (χ1v) is 8.32. The van der Waals surface area contributed by atoms with Crippen molar-refractivity contribution in [2.75, 3.05) is 20.0 Å². The molecule has 0 radical (unpaired) electrons. The molecule has 2 rings (SSSR count). The summed E-state index contributed by atoms with van der Waals surface area (Å²) in [7, 11) is 3.40. The van der Waals surface area contributed by atoms with Crippen LogP contribution in [0.25, 0.3) is 0 Å². The molecule has 1 aromatic heterocycles. The third-order valence-corrected chi connectivity index (χ3v) is 4.90. The van der Waals surface area contributed by atoms with E-state index in [0.29, 0.717) is 12.2 Å². The highest BCUT2D eigenvalue weighted by Gasteiger charge is 2.33. The van der Waals surface area contributed by atoms with Gasteiger partial charge in [-0.1, -0.05) is 11.8 Å². The minimum Gasteiger partial charge on any atom is -0.481 e. The molecule has 9 heteroatoms. The Morgan fingerprint density at radius 3 is 2.82 bits per heavy atom. The molecule has 22 heavy (non-hydrogen) atoms.